The van der Waals surface area contributed by atoms with Crippen molar-refractivity contribution in [3.63, 3.8) is 0 Å². The summed E-state index contributed by atoms with van der Waals surface area (Å²) in [5.41, 5.74) is 5.67. The number of aryl methyl sites for hydroxylation is 1. The van der Waals surface area contributed by atoms with Gasteiger partial charge in [-0.1, -0.05) is 0 Å². The molecule has 2 rings (SSSR count). The van der Waals surface area contributed by atoms with Crippen LogP contribution in [0.5, 0.6) is 0 Å². The van der Waals surface area contributed by atoms with E-state index in [0.29, 0.717) is 13.1 Å². The van der Waals surface area contributed by atoms with E-state index in [-0.39, 0.29) is 34.3 Å². The Morgan fingerprint density at radius 2 is 2.14 bits per heavy atom. The number of likely N-dealkylation sites (tertiary alicyclic amines) is 1. The van der Waals surface area contributed by atoms with Gasteiger partial charge in [-0.2, -0.15) is 0 Å². The van der Waals surface area contributed by atoms with E-state index in [1.165, 1.54) is 20.2 Å². The maximum absolute atomic E-state index is 12.6. The monoisotopic (exact) mass is 329 g/mol. The second-order valence-corrected chi connectivity index (χ2v) is 8.08. The molecular formula is C14H23N3O4S. The molecule has 1 aromatic heterocycles. The summed E-state index contributed by atoms with van der Waals surface area (Å²) in [7, 11) is -0.740. The molecule has 0 saturated carbocycles. The Morgan fingerprint density at radius 1 is 1.50 bits per heavy atom. The molecule has 8 heteroatoms. The lowest BCUT2D eigenvalue weighted by molar-refractivity contribution is 0.0709. The fourth-order valence-corrected chi connectivity index (χ4v) is 3.82. The Labute approximate surface area is 131 Å². The number of nitrogens with zero attached hydrogens (tertiary/aromatic N) is 2. The summed E-state index contributed by atoms with van der Waals surface area (Å²) in [4.78, 5) is 14.3. The van der Waals surface area contributed by atoms with Gasteiger partial charge in [0.15, 0.2) is 5.76 Å². The van der Waals surface area contributed by atoms with E-state index in [9.17, 15) is 13.2 Å². The summed E-state index contributed by atoms with van der Waals surface area (Å²) in [6.07, 6.45) is 0.852. The first-order valence-corrected chi connectivity index (χ1v) is 8.66. The average molecular weight is 329 g/mol. The lowest BCUT2D eigenvalue weighted by atomic mass is 10.1. The van der Waals surface area contributed by atoms with E-state index in [1.807, 2.05) is 6.92 Å². The minimum Gasteiger partial charge on any atom is -0.455 e. The number of furan rings is 1. The molecule has 0 radical (unpaired) electrons. The number of sulfonamides is 1. The molecular weight excluding hydrogens is 306 g/mol. The fraction of sp³-hybridized carbons (Fsp3) is 0.643. The van der Waals surface area contributed by atoms with Crippen LogP contribution in [-0.2, 0) is 10.0 Å². The van der Waals surface area contributed by atoms with Crippen LogP contribution in [-0.4, -0.2) is 56.8 Å². The van der Waals surface area contributed by atoms with Crippen LogP contribution in [0.4, 0.5) is 0 Å². The topological polar surface area (TPSA) is 96.8 Å². The molecule has 0 aromatic carbocycles. The van der Waals surface area contributed by atoms with Gasteiger partial charge in [-0.3, -0.25) is 4.79 Å². The van der Waals surface area contributed by atoms with Gasteiger partial charge in [0.2, 0.25) is 10.0 Å². The molecule has 0 spiro atoms. The van der Waals surface area contributed by atoms with Crippen molar-refractivity contribution >= 4 is 15.9 Å². The Hall–Kier alpha value is -1.38. The molecule has 2 atom stereocenters. The summed E-state index contributed by atoms with van der Waals surface area (Å²) < 4.78 is 30.9. The zero-order chi connectivity index (χ0) is 16.7. The van der Waals surface area contributed by atoms with Crippen LogP contribution in [0.1, 0.15) is 29.7 Å². The van der Waals surface area contributed by atoms with E-state index in [0.717, 1.165) is 10.7 Å². The van der Waals surface area contributed by atoms with E-state index < -0.39 is 10.0 Å². The number of hydrogen-bond donors (Lipinski definition) is 1. The zero-order valence-corrected chi connectivity index (χ0v) is 14.2. The van der Waals surface area contributed by atoms with Gasteiger partial charge in [-0.25, -0.2) is 12.7 Å². The van der Waals surface area contributed by atoms with Crippen LogP contribution < -0.4 is 5.73 Å². The molecule has 1 saturated heterocycles. The van der Waals surface area contributed by atoms with Crippen LogP contribution in [0.3, 0.4) is 0 Å². The van der Waals surface area contributed by atoms with Gasteiger partial charge in [0.25, 0.3) is 5.91 Å². The van der Waals surface area contributed by atoms with Crippen molar-refractivity contribution in [3.05, 3.63) is 17.6 Å². The van der Waals surface area contributed by atoms with Gasteiger partial charge in [-0.05, 0) is 32.7 Å². The standard InChI is InChI=1S/C14H23N3O4S/c1-9-5-11(7-15)8-17(9)14(18)12-6-13(10(2)21-12)22(19,20)16(3)4/h6,9,11H,5,7-8,15H2,1-4H3. The molecule has 0 bridgehead atoms. The van der Waals surface area contributed by atoms with Gasteiger partial charge < -0.3 is 15.1 Å². The van der Waals surface area contributed by atoms with Crippen molar-refractivity contribution in [1.82, 2.24) is 9.21 Å². The Balaban J connectivity index is 2.30. The summed E-state index contributed by atoms with van der Waals surface area (Å²) in [6, 6.07) is 1.38. The van der Waals surface area contributed by atoms with Crippen LogP contribution in [0.2, 0.25) is 0 Å². The lowest BCUT2D eigenvalue weighted by Gasteiger charge is -2.19. The van der Waals surface area contributed by atoms with Gasteiger partial charge in [0.05, 0.1) is 0 Å². The predicted molar refractivity (Wildman–Crippen MR) is 82.0 cm³/mol. The van der Waals surface area contributed by atoms with E-state index in [1.54, 1.807) is 11.8 Å². The minimum atomic E-state index is -3.62. The fourth-order valence-electron chi connectivity index (χ4n) is 2.76. The highest BCUT2D eigenvalue weighted by molar-refractivity contribution is 7.89. The normalized spacial score (nSPS) is 22.5. The molecule has 2 N–H and O–H groups in total. The third kappa shape index (κ3) is 2.90. The quantitative estimate of drug-likeness (QED) is 0.874. The van der Waals surface area contributed by atoms with Crippen LogP contribution >= 0.6 is 0 Å². The molecule has 1 amide bonds. The predicted octanol–water partition coefficient (Wildman–Crippen LogP) is 0.648. The maximum Gasteiger partial charge on any atom is 0.289 e. The molecule has 7 nitrogen and oxygen atoms in total. The number of nitrogens with two attached hydrogens (primary N) is 1. The van der Waals surface area contributed by atoms with Crippen LogP contribution in [0.25, 0.3) is 0 Å². The highest BCUT2D eigenvalue weighted by atomic mass is 32.2. The van der Waals surface area contributed by atoms with Crippen molar-refractivity contribution in [2.24, 2.45) is 11.7 Å². The third-order valence-electron chi connectivity index (χ3n) is 4.10. The van der Waals surface area contributed by atoms with Crippen molar-refractivity contribution in [2.75, 3.05) is 27.2 Å². The van der Waals surface area contributed by atoms with Crippen LogP contribution in [0.15, 0.2) is 15.4 Å². The average Bonchev–Trinajstić information content (AvgIpc) is 3.01. The molecule has 124 valence electrons. The smallest absolute Gasteiger partial charge is 0.289 e. The summed E-state index contributed by atoms with van der Waals surface area (Å²) in [6.45, 7) is 4.61. The van der Waals surface area contributed by atoms with E-state index in [4.69, 9.17) is 10.2 Å². The van der Waals surface area contributed by atoms with Gasteiger partial charge >= 0.3 is 0 Å². The van der Waals surface area contributed by atoms with Crippen molar-refractivity contribution in [1.29, 1.82) is 0 Å². The van der Waals surface area contributed by atoms with Crippen molar-refractivity contribution < 1.29 is 17.6 Å². The molecule has 0 aliphatic carbocycles. The van der Waals surface area contributed by atoms with E-state index in [2.05, 4.69) is 0 Å². The summed E-state index contributed by atoms with van der Waals surface area (Å²) >= 11 is 0. The first-order chi connectivity index (χ1) is 10.2. The maximum atomic E-state index is 12.6. The highest BCUT2D eigenvalue weighted by Gasteiger charge is 2.35. The molecule has 22 heavy (non-hydrogen) atoms. The molecule has 2 unspecified atom stereocenters. The minimum absolute atomic E-state index is 0.0306. The lowest BCUT2D eigenvalue weighted by Crippen LogP contribution is -2.34. The molecule has 1 aliphatic heterocycles. The largest absolute Gasteiger partial charge is 0.455 e. The van der Waals surface area contributed by atoms with Crippen molar-refractivity contribution in [2.45, 2.75) is 31.2 Å². The van der Waals surface area contributed by atoms with Gasteiger partial charge in [-0.15, -0.1) is 0 Å². The zero-order valence-electron chi connectivity index (χ0n) is 13.4. The molecule has 1 aliphatic rings. The number of amides is 1. The first-order valence-electron chi connectivity index (χ1n) is 7.22. The summed E-state index contributed by atoms with van der Waals surface area (Å²) in [5.74, 6) is 0.272. The third-order valence-corrected chi connectivity index (χ3v) is 6.02. The number of hydrogen-bond acceptors (Lipinski definition) is 5. The number of carbonyl (C=O) groups excluding carboxylic acids is 1. The van der Waals surface area contributed by atoms with Gasteiger partial charge in [0, 0.05) is 32.7 Å². The van der Waals surface area contributed by atoms with Gasteiger partial charge in [0.1, 0.15) is 10.7 Å². The Morgan fingerprint density at radius 3 is 2.64 bits per heavy atom. The first kappa shape index (κ1) is 17.0. The Kier molecular flexibility index (Phi) is 4.65. The number of carbonyl (C=O) groups is 1. The number of rotatable bonds is 4. The second-order valence-electron chi connectivity index (χ2n) is 5.96. The van der Waals surface area contributed by atoms with Crippen LogP contribution in [0, 0.1) is 12.8 Å². The SMILES string of the molecule is Cc1oc(C(=O)N2CC(CN)CC2C)cc1S(=O)(=O)N(C)C. The highest BCUT2D eigenvalue weighted by Crippen LogP contribution is 2.27. The molecule has 2 heterocycles. The Bertz CT molecular complexity index is 666. The second kappa shape index (κ2) is 6.02. The van der Waals surface area contributed by atoms with Crippen molar-refractivity contribution in [3.8, 4) is 0 Å². The molecule has 1 fully saturated rings. The van der Waals surface area contributed by atoms with E-state index >= 15 is 0 Å². The summed E-state index contributed by atoms with van der Waals surface area (Å²) in [5, 5.41) is 0. The molecule has 1 aromatic rings.